The number of rotatable bonds is 5. The first-order valence-electron chi connectivity index (χ1n) is 8.59. The predicted molar refractivity (Wildman–Crippen MR) is 110 cm³/mol. The number of aryl methyl sites for hydroxylation is 1. The number of hydrogen-bond donors (Lipinski definition) is 1. The minimum Gasteiger partial charge on any atom is -0.321 e. The van der Waals surface area contributed by atoms with Crippen molar-refractivity contribution in [1.82, 2.24) is 9.78 Å². The van der Waals surface area contributed by atoms with E-state index in [-0.39, 0.29) is 11.3 Å². The molecule has 1 unspecified atom stereocenters. The number of carbonyl (C=O) groups excluding carboxylic acids is 1. The number of aromatic nitrogens is 2. The number of amides is 1. The summed E-state index contributed by atoms with van der Waals surface area (Å²) in [5.41, 5.74) is 2.21. The van der Waals surface area contributed by atoms with E-state index < -0.39 is 28.3 Å². The van der Waals surface area contributed by atoms with Gasteiger partial charge in [-0.1, -0.05) is 17.7 Å². The zero-order valence-corrected chi connectivity index (χ0v) is 17.5. The van der Waals surface area contributed by atoms with Crippen molar-refractivity contribution in [3.05, 3.63) is 75.6 Å². The third kappa shape index (κ3) is 4.54. The topological polar surface area (TPSA) is 64.0 Å². The number of halogens is 3. The van der Waals surface area contributed by atoms with Crippen molar-refractivity contribution in [1.29, 1.82) is 0 Å². The Hall–Kier alpha value is -2.58. The van der Waals surface area contributed by atoms with Crippen molar-refractivity contribution in [2.24, 2.45) is 0 Å². The van der Waals surface area contributed by atoms with Gasteiger partial charge >= 0.3 is 0 Å². The first-order chi connectivity index (χ1) is 13.7. The van der Waals surface area contributed by atoms with Crippen LogP contribution in [0.25, 0.3) is 5.69 Å². The Morgan fingerprint density at radius 1 is 1.21 bits per heavy atom. The van der Waals surface area contributed by atoms with Crippen molar-refractivity contribution >= 4 is 34.0 Å². The average Bonchev–Trinajstić information content (AvgIpc) is 2.91. The fraction of sp³-hybridized carbons (Fsp3) is 0.200. The van der Waals surface area contributed by atoms with E-state index >= 15 is 0 Å². The van der Waals surface area contributed by atoms with Crippen molar-refractivity contribution in [3.8, 4) is 5.69 Å². The van der Waals surface area contributed by atoms with Crippen molar-refractivity contribution in [3.63, 3.8) is 0 Å². The highest BCUT2D eigenvalue weighted by atomic mass is 35.5. The largest absolute Gasteiger partial charge is 0.321 e. The summed E-state index contributed by atoms with van der Waals surface area (Å²) in [4.78, 5) is 12.9. The second kappa shape index (κ2) is 8.42. The summed E-state index contributed by atoms with van der Waals surface area (Å²) in [7, 11) is -1.04. The number of nitrogens with one attached hydrogen (secondary N) is 1. The molecule has 0 aliphatic rings. The average molecular weight is 438 g/mol. The lowest BCUT2D eigenvalue weighted by molar-refractivity contribution is 0.102. The van der Waals surface area contributed by atoms with Crippen molar-refractivity contribution < 1.29 is 17.8 Å². The van der Waals surface area contributed by atoms with E-state index in [1.54, 1.807) is 38.3 Å². The number of benzene rings is 2. The van der Waals surface area contributed by atoms with E-state index in [1.165, 1.54) is 10.7 Å². The van der Waals surface area contributed by atoms with Crippen LogP contribution < -0.4 is 5.32 Å². The van der Waals surface area contributed by atoms with Crippen LogP contribution in [0.15, 0.2) is 36.4 Å². The van der Waals surface area contributed by atoms with Crippen LogP contribution in [0.2, 0.25) is 5.02 Å². The molecule has 0 saturated carbocycles. The lowest BCUT2D eigenvalue weighted by Gasteiger charge is -2.10. The Bertz CT molecular complexity index is 1130. The molecule has 5 nitrogen and oxygen atoms in total. The standard InChI is InChI=1S/C20H18ClF2N3O2S/c1-11-19(12(2)26(25-11)18-7-5-14(22)9-16(18)23)20(27)24-17-8-13(10-29(3)28)4-6-15(17)21/h4-9H,10H2,1-3H3,(H,24,27). The molecular formula is C20H18ClF2N3O2S. The highest BCUT2D eigenvalue weighted by Gasteiger charge is 2.22. The molecule has 0 aliphatic carbocycles. The maximum Gasteiger partial charge on any atom is 0.259 e. The summed E-state index contributed by atoms with van der Waals surface area (Å²) in [6.07, 6.45) is 1.59. The molecule has 0 saturated heterocycles. The Morgan fingerprint density at radius 3 is 2.59 bits per heavy atom. The lowest BCUT2D eigenvalue weighted by Crippen LogP contribution is -2.15. The number of carbonyl (C=O) groups is 1. The predicted octanol–water partition coefficient (Wildman–Crippen LogP) is 4.55. The Morgan fingerprint density at radius 2 is 1.93 bits per heavy atom. The van der Waals surface area contributed by atoms with Gasteiger partial charge in [0.25, 0.3) is 5.91 Å². The summed E-state index contributed by atoms with van der Waals surface area (Å²) in [6.45, 7) is 3.24. The second-order valence-electron chi connectivity index (χ2n) is 6.54. The Kier molecular flexibility index (Phi) is 6.14. The normalized spacial score (nSPS) is 12.1. The minimum absolute atomic E-state index is 0.0384. The summed E-state index contributed by atoms with van der Waals surface area (Å²) in [6, 6.07) is 8.17. The van der Waals surface area contributed by atoms with E-state index in [1.807, 2.05) is 0 Å². The molecule has 0 bridgehead atoms. The molecule has 1 aromatic heterocycles. The third-order valence-electron chi connectivity index (χ3n) is 4.31. The van der Waals surface area contributed by atoms with Crippen LogP contribution in [0.1, 0.15) is 27.3 Å². The highest BCUT2D eigenvalue weighted by molar-refractivity contribution is 7.83. The first-order valence-corrected chi connectivity index (χ1v) is 10.7. The molecule has 1 N–H and O–H groups in total. The summed E-state index contributed by atoms with van der Waals surface area (Å²) < 4.78 is 40.1. The van der Waals surface area contributed by atoms with E-state index in [4.69, 9.17) is 11.6 Å². The van der Waals surface area contributed by atoms with Crippen LogP contribution in [0.4, 0.5) is 14.5 Å². The molecule has 152 valence electrons. The minimum atomic E-state index is -1.04. The second-order valence-corrected chi connectivity index (χ2v) is 8.38. The molecule has 0 radical (unpaired) electrons. The monoisotopic (exact) mass is 437 g/mol. The van der Waals surface area contributed by atoms with E-state index in [9.17, 15) is 17.8 Å². The zero-order chi connectivity index (χ0) is 21.3. The quantitative estimate of drug-likeness (QED) is 0.636. The smallest absolute Gasteiger partial charge is 0.259 e. The van der Waals surface area contributed by atoms with Crippen LogP contribution in [-0.4, -0.2) is 26.2 Å². The number of anilines is 1. The van der Waals surface area contributed by atoms with Crippen LogP contribution in [0.5, 0.6) is 0 Å². The molecule has 0 fully saturated rings. The van der Waals surface area contributed by atoms with Crippen molar-refractivity contribution in [2.75, 3.05) is 11.6 Å². The number of hydrogen-bond acceptors (Lipinski definition) is 3. The van der Waals surface area contributed by atoms with Gasteiger partial charge in [0, 0.05) is 28.9 Å². The SMILES string of the molecule is Cc1nn(-c2ccc(F)cc2F)c(C)c1C(=O)Nc1cc(CS(C)=O)ccc1Cl. The molecule has 9 heteroatoms. The molecule has 0 spiro atoms. The summed E-state index contributed by atoms with van der Waals surface area (Å²) in [5, 5.41) is 7.30. The molecule has 3 aromatic rings. The Labute approximate surface area is 174 Å². The highest BCUT2D eigenvalue weighted by Crippen LogP contribution is 2.26. The Balaban J connectivity index is 1.95. The van der Waals surface area contributed by atoms with Gasteiger partial charge in [0.15, 0.2) is 5.82 Å². The molecular weight excluding hydrogens is 420 g/mol. The molecule has 1 heterocycles. The first kappa shape index (κ1) is 21.1. The maximum absolute atomic E-state index is 14.2. The fourth-order valence-corrected chi connectivity index (χ4v) is 3.85. The molecule has 29 heavy (non-hydrogen) atoms. The van der Waals surface area contributed by atoms with Gasteiger partial charge in [-0.3, -0.25) is 9.00 Å². The lowest BCUT2D eigenvalue weighted by atomic mass is 10.1. The molecule has 1 atom stereocenters. The fourth-order valence-electron chi connectivity index (χ4n) is 3.04. The van der Waals surface area contributed by atoms with Gasteiger partial charge in [-0.15, -0.1) is 0 Å². The van der Waals surface area contributed by atoms with E-state index in [0.29, 0.717) is 27.9 Å². The van der Waals surface area contributed by atoms with Gasteiger partial charge in [0.1, 0.15) is 11.5 Å². The van der Waals surface area contributed by atoms with Crippen molar-refractivity contribution in [2.45, 2.75) is 19.6 Å². The van der Waals surface area contributed by atoms with Gasteiger partial charge in [-0.05, 0) is 43.7 Å². The van der Waals surface area contributed by atoms with Gasteiger partial charge in [0.2, 0.25) is 0 Å². The molecule has 1 amide bonds. The summed E-state index contributed by atoms with van der Waals surface area (Å²) in [5.74, 6) is -1.62. The van der Waals surface area contributed by atoms with Crippen LogP contribution in [0.3, 0.4) is 0 Å². The third-order valence-corrected chi connectivity index (χ3v) is 5.37. The van der Waals surface area contributed by atoms with Crippen LogP contribution in [-0.2, 0) is 16.6 Å². The molecule has 3 rings (SSSR count). The van der Waals surface area contributed by atoms with E-state index in [0.717, 1.165) is 17.7 Å². The van der Waals surface area contributed by atoms with Gasteiger partial charge in [-0.25, -0.2) is 13.5 Å². The van der Waals surface area contributed by atoms with E-state index in [2.05, 4.69) is 10.4 Å². The van der Waals surface area contributed by atoms with Gasteiger partial charge < -0.3 is 5.32 Å². The maximum atomic E-state index is 14.2. The number of nitrogens with zero attached hydrogens (tertiary/aromatic N) is 2. The van der Waals surface area contributed by atoms with Gasteiger partial charge in [0.05, 0.1) is 27.7 Å². The molecule has 0 aliphatic heterocycles. The van der Waals surface area contributed by atoms with Crippen LogP contribution >= 0.6 is 11.6 Å². The molecule has 2 aromatic carbocycles. The summed E-state index contributed by atoms with van der Waals surface area (Å²) >= 11 is 6.18. The van der Waals surface area contributed by atoms with Gasteiger partial charge in [-0.2, -0.15) is 5.10 Å². The van der Waals surface area contributed by atoms with Crippen LogP contribution in [0, 0.1) is 25.5 Å². The zero-order valence-electron chi connectivity index (χ0n) is 15.9.